The summed E-state index contributed by atoms with van der Waals surface area (Å²) in [6, 6.07) is 10.2. The molecule has 132 valence electrons. The van der Waals surface area contributed by atoms with Crippen LogP contribution < -0.4 is 5.32 Å². The van der Waals surface area contributed by atoms with E-state index in [-0.39, 0.29) is 17.1 Å². The summed E-state index contributed by atoms with van der Waals surface area (Å²) in [5.74, 6) is -0.386. The quantitative estimate of drug-likeness (QED) is 0.762. The van der Waals surface area contributed by atoms with Crippen molar-refractivity contribution in [1.82, 2.24) is 14.9 Å². The molecule has 0 spiro atoms. The van der Waals surface area contributed by atoms with E-state index in [9.17, 15) is 9.18 Å². The molecule has 0 saturated carbocycles. The largest absolute Gasteiger partial charge is 0.351 e. The Morgan fingerprint density at radius 2 is 1.69 bits per heavy atom. The van der Waals surface area contributed by atoms with Gasteiger partial charge in [-0.1, -0.05) is 26.0 Å². The third kappa shape index (κ3) is 2.43. The molecule has 0 aliphatic carbocycles. The van der Waals surface area contributed by atoms with Gasteiger partial charge in [0.25, 0.3) is 5.91 Å². The van der Waals surface area contributed by atoms with Gasteiger partial charge in [-0.25, -0.2) is 4.39 Å². The molecule has 5 heteroatoms. The van der Waals surface area contributed by atoms with E-state index in [1.165, 1.54) is 12.1 Å². The first-order valence-corrected chi connectivity index (χ1v) is 8.58. The predicted molar refractivity (Wildman–Crippen MR) is 99.4 cm³/mol. The van der Waals surface area contributed by atoms with Crippen molar-refractivity contribution in [2.75, 3.05) is 6.54 Å². The van der Waals surface area contributed by atoms with E-state index >= 15 is 0 Å². The maximum atomic E-state index is 13.5. The molecule has 0 saturated heterocycles. The normalized spacial score (nSPS) is 15.5. The van der Waals surface area contributed by atoms with Crippen molar-refractivity contribution in [2.24, 2.45) is 7.05 Å². The second kappa shape index (κ2) is 5.80. The number of benzene rings is 1. The molecular formula is C21H20FN3O. The van der Waals surface area contributed by atoms with Crippen LogP contribution in [0.5, 0.6) is 0 Å². The molecule has 0 atom stereocenters. The maximum Gasteiger partial charge on any atom is 0.253 e. The maximum absolute atomic E-state index is 13.5. The van der Waals surface area contributed by atoms with E-state index in [0.717, 1.165) is 28.1 Å². The van der Waals surface area contributed by atoms with Gasteiger partial charge in [0.15, 0.2) is 0 Å². The Morgan fingerprint density at radius 3 is 2.35 bits per heavy atom. The molecule has 1 amide bonds. The summed E-state index contributed by atoms with van der Waals surface area (Å²) in [7, 11) is 1.99. The van der Waals surface area contributed by atoms with Crippen LogP contribution in [-0.2, 0) is 12.5 Å². The smallest absolute Gasteiger partial charge is 0.253 e. The molecule has 1 N–H and O–H groups in total. The summed E-state index contributed by atoms with van der Waals surface area (Å²) < 4.78 is 15.6. The van der Waals surface area contributed by atoms with Crippen LogP contribution in [0.25, 0.3) is 22.4 Å². The molecule has 3 aromatic rings. The zero-order chi connectivity index (χ0) is 18.5. The van der Waals surface area contributed by atoms with Gasteiger partial charge in [0.05, 0.1) is 11.3 Å². The third-order valence-electron chi connectivity index (χ3n) is 5.04. The fourth-order valence-corrected chi connectivity index (χ4v) is 3.92. The Bertz CT molecular complexity index is 988. The van der Waals surface area contributed by atoms with Gasteiger partial charge in [0, 0.05) is 48.2 Å². The molecule has 0 bridgehead atoms. The van der Waals surface area contributed by atoms with Gasteiger partial charge in [-0.05, 0) is 29.8 Å². The Kier molecular flexibility index (Phi) is 3.68. The number of fused-ring (bicyclic) bond motifs is 1. The van der Waals surface area contributed by atoms with E-state index in [1.807, 2.05) is 19.2 Å². The van der Waals surface area contributed by atoms with Crippen molar-refractivity contribution < 1.29 is 9.18 Å². The number of hydrogen-bond donors (Lipinski definition) is 1. The first kappa shape index (κ1) is 16.5. The number of amides is 1. The Morgan fingerprint density at radius 1 is 1.04 bits per heavy atom. The molecule has 4 nitrogen and oxygen atoms in total. The molecule has 26 heavy (non-hydrogen) atoms. The predicted octanol–water partition coefficient (Wildman–Crippen LogP) is 3.91. The third-order valence-corrected chi connectivity index (χ3v) is 5.04. The molecule has 1 aliphatic heterocycles. The SMILES string of the molecule is Cn1c(-c2ccncc2)c(-c2ccc(F)cc2)c2c1C(C)(C)CNC2=O. The fraction of sp³-hybridized carbons (Fsp3) is 0.238. The molecule has 0 unspecified atom stereocenters. The zero-order valence-electron chi connectivity index (χ0n) is 15.0. The summed E-state index contributed by atoms with van der Waals surface area (Å²) in [6.07, 6.45) is 3.47. The van der Waals surface area contributed by atoms with Crippen molar-refractivity contribution in [3.63, 3.8) is 0 Å². The number of rotatable bonds is 2. The van der Waals surface area contributed by atoms with Gasteiger partial charge < -0.3 is 9.88 Å². The monoisotopic (exact) mass is 349 g/mol. The minimum atomic E-state index is -0.297. The standard InChI is InChI=1S/C21H20FN3O/c1-21(2)12-24-20(26)17-16(13-4-6-15(22)7-5-13)18(25(3)19(17)21)14-8-10-23-11-9-14/h4-11H,12H2,1-3H3,(H,24,26). The first-order valence-electron chi connectivity index (χ1n) is 8.58. The lowest BCUT2D eigenvalue weighted by atomic mass is 9.82. The number of hydrogen-bond acceptors (Lipinski definition) is 2. The van der Waals surface area contributed by atoms with Crippen LogP contribution in [0.4, 0.5) is 4.39 Å². The highest BCUT2D eigenvalue weighted by molar-refractivity contribution is 6.07. The van der Waals surface area contributed by atoms with E-state index in [2.05, 4.69) is 28.7 Å². The summed E-state index contributed by atoms with van der Waals surface area (Å²) >= 11 is 0. The van der Waals surface area contributed by atoms with Gasteiger partial charge in [-0.3, -0.25) is 9.78 Å². The van der Waals surface area contributed by atoms with Crippen LogP contribution in [-0.4, -0.2) is 22.0 Å². The Hall–Kier alpha value is -2.95. The molecule has 3 heterocycles. The van der Waals surface area contributed by atoms with Crippen LogP contribution >= 0.6 is 0 Å². The van der Waals surface area contributed by atoms with Crippen molar-refractivity contribution in [3.8, 4) is 22.4 Å². The van der Waals surface area contributed by atoms with Crippen LogP contribution in [0, 0.1) is 5.82 Å². The fourth-order valence-electron chi connectivity index (χ4n) is 3.92. The van der Waals surface area contributed by atoms with E-state index in [1.54, 1.807) is 24.5 Å². The van der Waals surface area contributed by atoms with Crippen LogP contribution in [0.15, 0.2) is 48.8 Å². The highest BCUT2D eigenvalue weighted by Crippen LogP contribution is 2.44. The molecule has 1 aliphatic rings. The van der Waals surface area contributed by atoms with Gasteiger partial charge >= 0.3 is 0 Å². The number of aromatic nitrogens is 2. The number of nitrogens with zero attached hydrogens (tertiary/aromatic N) is 2. The minimum Gasteiger partial charge on any atom is -0.351 e. The zero-order valence-corrected chi connectivity index (χ0v) is 15.0. The number of halogens is 1. The number of nitrogens with one attached hydrogen (secondary N) is 1. The number of carbonyl (C=O) groups excluding carboxylic acids is 1. The number of pyridine rings is 1. The van der Waals surface area contributed by atoms with Gasteiger partial charge in [-0.15, -0.1) is 0 Å². The average molecular weight is 349 g/mol. The van der Waals surface area contributed by atoms with E-state index in [0.29, 0.717) is 12.1 Å². The highest BCUT2D eigenvalue weighted by atomic mass is 19.1. The molecule has 2 aromatic heterocycles. The summed E-state index contributed by atoms with van der Waals surface area (Å²) in [5.41, 5.74) is 5.02. The topological polar surface area (TPSA) is 46.9 Å². The Balaban J connectivity index is 2.11. The van der Waals surface area contributed by atoms with Crippen molar-refractivity contribution in [2.45, 2.75) is 19.3 Å². The van der Waals surface area contributed by atoms with Gasteiger partial charge in [0.2, 0.25) is 0 Å². The van der Waals surface area contributed by atoms with Crippen molar-refractivity contribution >= 4 is 5.91 Å². The average Bonchev–Trinajstić information content (AvgIpc) is 2.95. The molecule has 0 fully saturated rings. The molecule has 4 rings (SSSR count). The number of carbonyl (C=O) groups is 1. The Labute approximate surface area is 151 Å². The van der Waals surface area contributed by atoms with Crippen LogP contribution in [0.1, 0.15) is 29.9 Å². The lowest BCUT2D eigenvalue weighted by Gasteiger charge is -2.32. The lowest BCUT2D eigenvalue weighted by Crippen LogP contribution is -2.44. The van der Waals surface area contributed by atoms with Crippen molar-refractivity contribution in [3.05, 3.63) is 65.9 Å². The van der Waals surface area contributed by atoms with Crippen molar-refractivity contribution in [1.29, 1.82) is 0 Å². The second-order valence-corrected chi connectivity index (χ2v) is 7.32. The minimum absolute atomic E-state index is 0.0884. The molecule has 0 radical (unpaired) electrons. The van der Waals surface area contributed by atoms with Gasteiger partial charge in [0.1, 0.15) is 5.82 Å². The molecular weight excluding hydrogens is 329 g/mol. The lowest BCUT2D eigenvalue weighted by molar-refractivity contribution is 0.0928. The van der Waals surface area contributed by atoms with E-state index in [4.69, 9.17) is 0 Å². The first-order chi connectivity index (χ1) is 12.4. The summed E-state index contributed by atoms with van der Waals surface area (Å²) in [6.45, 7) is 4.82. The van der Waals surface area contributed by atoms with Crippen LogP contribution in [0.2, 0.25) is 0 Å². The van der Waals surface area contributed by atoms with E-state index < -0.39 is 0 Å². The van der Waals surface area contributed by atoms with Crippen LogP contribution in [0.3, 0.4) is 0 Å². The molecule has 1 aromatic carbocycles. The summed E-state index contributed by atoms with van der Waals surface area (Å²) in [4.78, 5) is 16.9. The highest BCUT2D eigenvalue weighted by Gasteiger charge is 2.39. The second-order valence-electron chi connectivity index (χ2n) is 7.32. The summed E-state index contributed by atoms with van der Waals surface area (Å²) in [5, 5.41) is 3.00. The van der Waals surface area contributed by atoms with Gasteiger partial charge in [-0.2, -0.15) is 0 Å².